The minimum absolute atomic E-state index is 0.103. The van der Waals surface area contributed by atoms with Crippen LogP contribution in [0.4, 0.5) is 0 Å². The van der Waals surface area contributed by atoms with Gasteiger partial charge in [0.05, 0.1) is 26.6 Å². The fourth-order valence-corrected chi connectivity index (χ4v) is 7.08. The number of hydrogen-bond donors (Lipinski definition) is 2. The zero-order valence-electron chi connectivity index (χ0n) is 21.7. The fourth-order valence-electron chi connectivity index (χ4n) is 6.21. The summed E-state index contributed by atoms with van der Waals surface area (Å²) in [5, 5.41) is 13.3. The molecule has 8 heteroatoms. The Labute approximate surface area is 235 Å². The van der Waals surface area contributed by atoms with Crippen LogP contribution in [-0.2, 0) is 23.1 Å². The summed E-state index contributed by atoms with van der Waals surface area (Å²) in [5.74, 6) is -0.833. The van der Waals surface area contributed by atoms with Gasteiger partial charge in [0.2, 0.25) is 0 Å². The van der Waals surface area contributed by atoms with E-state index in [1.54, 1.807) is 12.4 Å². The largest absolute Gasteiger partial charge is 0.480 e. The Hall–Kier alpha value is -3.78. The van der Waals surface area contributed by atoms with E-state index in [0.717, 1.165) is 76.8 Å². The third kappa shape index (κ3) is 4.27. The van der Waals surface area contributed by atoms with Crippen molar-refractivity contribution < 1.29 is 14.7 Å². The first-order valence-electron chi connectivity index (χ1n) is 13.3. The number of carbonyl (C=O) groups is 2. The molecule has 2 N–H and O–H groups in total. The van der Waals surface area contributed by atoms with Gasteiger partial charge in [-0.05, 0) is 64.2 Å². The van der Waals surface area contributed by atoms with E-state index < -0.39 is 17.4 Å². The molecule has 1 aromatic carbocycles. The summed E-state index contributed by atoms with van der Waals surface area (Å²) in [6.07, 6.45) is 10.4. The van der Waals surface area contributed by atoms with Crippen molar-refractivity contribution >= 4 is 38.7 Å². The number of halogens is 1. The molecule has 7 nitrogen and oxygen atoms in total. The van der Waals surface area contributed by atoms with Gasteiger partial charge in [-0.2, -0.15) is 0 Å². The Morgan fingerprint density at radius 3 is 2.51 bits per heavy atom. The summed E-state index contributed by atoms with van der Waals surface area (Å²) in [7, 11) is 2.03. The van der Waals surface area contributed by atoms with E-state index in [0.29, 0.717) is 10.9 Å². The summed E-state index contributed by atoms with van der Waals surface area (Å²) >= 11 is 3.41. The molecule has 198 valence electrons. The molecule has 1 unspecified atom stereocenters. The molecule has 39 heavy (non-hydrogen) atoms. The van der Waals surface area contributed by atoms with Crippen molar-refractivity contribution in [1.29, 1.82) is 0 Å². The maximum absolute atomic E-state index is 12.8. The van der Waals surface area contributed by atoms with Crippen molar-refractivity contribution in [3.63, 3.8) is 0 Å². The molecule has 3 heterocycles. The summed E-state index contributed by atoms with van der Waals surface area (Å²) in [6, 6.07) is 15.1. The van der Waals surface area contributed by atoms with Gasteiger partial charge in [0.15, 0.2) is 5.78 Å². The average molecular weight is 586 g/mol. The normalized spacial score (nSPS) is 17.3. The lowest BCUT2D eigenvalue weighted by Crippen LogP contribution is -2.53. The van der Waals surface area contributed by atoms with Gasteiger partial charge < -0.3 is 15.0 Å². The van der Waals surface area contributed by atoms with Crippen LogP contribution in [0.15, 0.2) is 77.3 Å². The van der Waals surface area contributed by atoms with Gasteiger partial charge in [-0.1, -0.05) is 43.5 Å². The number of aromatic nitrogens is 3. The number of benzene rings is 1. The Balaban J connectivity index is 1.30. The maximum Gasteiger partial charge on any atom is 0.326 e. The van der Waals surface area contributed by atoms with Crippen molar-refractivity contribution in [2.45, 2.75) is 44.6 Å². The van der Waals surface area contributed by atoms with Gasteiger partial charge in [0, 0.05) is 48.9 Å². The van der Waals surface area contributed by atoms with Gasteiger partial charge in [0.25, 0.3) is 0 Å². The van der Waals surface area contributed by atoms with Gasteiger partial charge in [-0.3, -0.25) is 14.8 Å². The molecule has 1 saturated carbocycles. The van der Waals surface area contributed by atoms with E-state index in [4.69, 9.17) is 4.98 Å². The third-order valence-electron chi connectivity index (χ3n) is 8.23. The molecule has 4 aromatic rings. The van der Waals surface area contributed by atoms with E-state index in [2.05, 4.69) is 36.9 Å². The van der Waals surface area contributed by atoms with Crippen LogP contribution in [0.2, 0.25) is 0 Å². The summed E-state index contributed by atoms with van der Waals surface area (Å²) in [4.78, 5) is 34.0. The SMILES string of the molecule is Cn1c(-c2cccnc2)c(-c2ccc(CC(NC3=C(Br)C(=O)C34CCCCC4)C(=O)O)cc2)c2ncccc21. The lowest BCUT2D eigenvalue weighted by molar-refractivity contribution is -0.140. The van der Waals surface area contributed by atoms with Crippen molar-refractivity contribution in [3.05, 3.63) is 82.9 Å². The number of nitrogens with one attached hydrogen (secondary N) is 1. The maximum atomic E-state index is 12.8. The van der Waals surface area contributed by atoms with Crippen LogP contribution in [0, 0.1) is 5.41 Å². The second-order valence-electron chi connectivity index (χ2n) is 10.5. The highest BCUT2D eigenvalue weighted by molar-refractivity contribution is 9.12. The Bertz CT molecular complexity index is 1600. The van der Waals surface area contributed by atoms with E-state index in [1.165, 1.54) is 0 Å². The minimum atomic E-state index is -0.936. The molecule has 1 fully saturated rings. The first-order valence-corrected chi connectivity index (χ1v) is 14.1. The molecular formula is C31H29BrN4O3. The number of rotatable bonds is 7. The van der Waals surface area contributed by atoms with E-state index >= 15 is 0 Å². The number of allylic oxidation sites excluding steroid dienone is 2. The van der Waals surface area contributed by atoms with Crippen LogP contribution in [-0.4, -0.2) is 37.4 Å². The summed E-state index contributed by atoms with van der Waals surface area (Å²) < 4.78 is 2.64. The van der Waals surface area contributed by atoms with Crippen molar-refractivity contribution in [3.8, 4) is 22.4 Å². The Morgan fingerprint density at radius 1 is 1.08 bits per heavy atom. The number of aryl methyl sites for hydroxylation is 1. The second kappa shape index (κ2) is 10.1. The Morgan fingerprint density at radius 2 is 1.82 bits per heavy atom. The number of carboxylic acid groups (broad SMARTS) is 1. The molecule has 2 aliphatic carbocycles. The molecule has 6 rings (SSSR count). The highest BCUT2D eigenvalue weighted by Crippen LogP contribution is 2.53. The Kier molecular flexibility index (Phi) is 6.59. The molecule has 1 spiro atoms. The van der Waals surface area contributed by atoms with E-state index in [-0.39, 0.29) is 5.78 Å². The van der Waals surface area contributed by atoms with Gasteiger partial charge in [0.1, 0.15) is 6.04 Å². The number of carbonyl (C=O) groups excluding carboxylic acids is 1. The predicted octanol–water partition coefficient (Wildman–Crippen LogP) is 6.03. The molecule has 0 aliphatic heterocycles. The van der Waals surface area contributed by atoms with E-state index in [1.807, 2.05) is 55.7 Å². The molecule has 0 amide bonds. The number of pyridine rings is 2. The number of hydrogen-bond acceptors (Lipinski definition) is 5. The number of aliphatic carboxylic acids is 1. The highest BCUT2D eigenvalue weighted by atomic mass is 79.9. The molecule has 0 saturated heterocycles. The molecule has 0 bridgehead atoms. The van der Waals surface area contributed by atoms with Crippen LogP contribution in [0.3, 0.4) is 0 Å². The summed E-state index contributed by atoms with van der Waals surface area (Å²) in [6.45, 7) is 0. The predicted molar refractivity (Wildman–Crippen MR) is 154 cm³/mol. The first kappa shape index (κ1) is 25.5. The minimum Gasteiger partial charge on any atom is -0.480 e. The number of nitrogens with zero attached hydrogens (tertiary/aromatic N) is 3. The number of Topliss-reactive ketones (excluding diaryl/α,β-unsaturated/α-hetero) is 1. The van der Waals surface area contributed by atoms with Crippen LogP contribution in [0.1, 0.15) is 37.7 Å². The molecule has 2 aliphatic rings. The van der Waals surface area contributed by atoms with Gasteiger partial charge in [-0.15, -0.1) is 0 Å². The molecular weight excluding hydrogens is 556 g/mol. The highest BCUT2D eigenvalue weighted by Gasteiger charge is 2.53. The molecule has 0 radical (unpaired) electrons. The third-order valence-corrected chi connectivity index (χ3v) is 8.99. The standard InChI is InChI=1S/C31H29BrN4O3/c1-36-23-8-6-16-34-26(23)24(27(36)21-7-5-15-33-18-21)20-11-9-19(10-12-20)17-22(30(38)39)35-28-25(32)29(37)31(28)13-3-2-4-14-31/h5-12,15-16,18,22,35H,2-4,13-14,17H2,1H3,(H,38,39). The van der Waals surface area contributed by atoms with Crippen LogP contribution < -0.4 is 5.32 Å². The van der Waals surface area contributed by atoms with Crippen LogP contribution >= 0.6 is 15.9 Å². The van der Waals surface area contributed by atoms with Crippen molar-refractivity contribution in [1.82, 2.24) is 19.9 Å². The smallest absolute Gasteiger partial charge is 0.326 e. The van der Waals surface area contributed by atoms with Crippen molar-refractivity contribution in [2.75, 3.05) is 0 Å². The van der Waals surface area contributed by atoms with Gasteiger partial charge >= 0.3 is 5.97 Å². The molecule has 1 atom stereocenters. The van der Waals surface area contributed by atoms with Crippen LogP contribution in [0.5, 0.6) is 0 Å². The quantitative estimate of drug-likeness (QED) is 0.275. The van der Waals surface area contributed by atoms with Gasteiger partial charge in [-0.25, -0.2) is 4.79 Å². The number of ketones is 1. The zero-order valence-corrected chi connectivity index (χ0v) is 23.2. The molecule has 3 aromatic heterocycles. The van der Waals surface area contributed by atoms with Crippen LogP contribution in [0.25, 0.3) is 33.4 Å². The monoisotopic (exact) mass is 584 g/mol. The summed E-state index contributed by atoms with van der Waals surface area (Å²) in [5.41, 5.74) is 7.08. The number of fused-ring (bicyclic) bond motifs is 1. The zero-order chi connectivity index (χ0) is 27.1. The second-order valence-corrected chi connectivity index (χ2v) is 11.3. The van der Waals surface area contributed by atoms with E-state index in [9.17, 15) is 14.7 Å². The lowest BCUT2D eigenvalue weighted by Gasteiger charge is -2.46. The first-order chi connectivity index (χ1) is 18.9. The number of carboxylic acids is 1. The fraction of sp³-hybridized carbons (Fsp3) is 0.290. The average Bonchev–Trinajstić information content (AvgIpc) is 3.28. The van der Waals surface area contributed by atoms with Crippen molar-refractivity contribution in [2.24, 2.45) is 12.5 Å². The topological polar surface area (TPSA) is 97.1 Å². The lowest BCUT2D eigenvalue weighted by atomic mass is 9.62.